The van der Waals surface area contributed by atoms with Crippen molar-refractivity contribution in [2.24, 2.45) is 0 Å². The van der Waals surface area contributed by atoms with E-state index in [2.05, 4.69) is 53.8 Å². The molecule has 1 aromatic heterocycles. The molecule has 156 valence electrons. The summed E-state index contributed by atoms with van der Waals surface area (Å²) in [6.07, 6.45) is 0. The molecule has 0 radical (unpaired) electrons. The fraction of sp³-hybridized carbons (Fsp3) is 0.375. The first-order valence-electron chi connectivity index (χ1n) is 10.3. The number of hydrogen-bond donors (Lipinski definition) is 0. The van der Waals surface area contributed by atoms with Gasteiger partial charge in [-0.3, -0.25) is 0 Å². The maximum absolute atomic E-state index is 12.5. The number of carbonyl (C=O) groups is 1. The lowest BCUT2D eigenvalue weighted by molar-refractivity contribution is 0.0595. The third-order valence-corrected chi connectivity index (χ3v) is 6.14. The molecule has 6 heteroatoms. The fourth-order valence-electron chi connectivity index (χ4n) is 3.99. The molecule has 6 nitrogen and oxygen atoms in total. The van der Waals surface area contributed by atoms with Gasteiger partial charge in [0.15, 0.2) is 11.5 Å². The molecule has 0 spiro atoms. The molecule has 3 aromatic rings. The molecule has 4 rings (SSSR count). The van der Waals surface area contributed by atoms with Crippen molar-refractivity contribution in [2.45, 2.75) is 27.7 Å². The van der Waals surface area contributed by atoms with E-state index in [-0.39, 0.29) is 5.69 Å². The molecule has 1 saturated heterocycles. The molecule has 1 aliphatic heterocycles. The Labute approximate surface area is 177 Å². The summed E-state index contributed by atoms with van der Waals surface area (Å²) in [5, 5.41) is 0. The number of methoxy groups -OCH3 is 1. The van der Waals surface area contributed by atoms with Gasteiger partial charge in [-0.2, -0.15) is 0 Å². The molecule has 0 atom stereocenters. The number of aryl methyl sites for hydroxylation is 3. The number of carbonyl (C=O) groups excluding carboxylic acids is 1. The van der Waals surface area contributed by atoms with Crippen LogP contribution in [0.25, 0.3) is 11.0 Å². The third kappa shape index (κ3) is 3.58. The first-order valence-corrected chi connectivity index (χ1v) is 10.3. The highest BCUT2D eigenvalue weighted by Gasteiger charge is 2.26. The second kappa shape index (κ2) is 7.94. The van der Waals surface area contributed by atoms with Crippen molar-refractivity contribution in [1.29, 1.82) is 0 Å². The Bertz CT molecular complexity index is 1120. The van der Waals surface area contributed by atoms with Crippen LogP contribution in [0.4, 0.5) is 11.5 Å². The monoisotopic (exact) mass is 404 g/mol. The number of nitrogens with zero attached hydrogens (tertiary/aromatic N) is 4. The van der Waals surface area contributed by atoms with Gasteiger partial charge in [-0.15, -0.1) is 0 Å². The summed E-state index contributed by atoms with van der Waals surface area (Å²) >= 11 is 0. The molecule has 30 heavy (non-hydrogen) atoms. The summed E-state index contributed by atoms with van der Waals surface area (Å²) < 4.78 is 5.01. The Morgan fingerprint density at radius 1 is 0.867 bits per heavy atom. The van der Waals surface area contributed by atoms with Crippen molar-refractivity contribution in [3.8, 4) is 0 Å². The second-order valence-electron chi connectivity index (χ2n) is 8.01. The lowest BCUT2D eigenvalue weighted by Crippen LogP contribution is -2.47. The average molecular weight is 405 g/mol. The van der Waals surface area contributed by atoms with Gasteiger partial charge < -0.3 is 14.5 Å². The number of esters is 1. The van der Waals surface area contributed by atoms with Gasteiger partial charge in [-0.25, -0.2) is 14.8 Å². The third-order valence-electron chi connectivity index (χ3n) is 6.14. The quantitative estimate of drug-likeness (QED) is 0.616. The van der Waals surface area contributed by atoms with Crippen LogP contribution in [0, 0.1) is 27.7 Å². The number of hydrogen-bond acceptors (Lipinski definition) is 6. The normalized spacial score (nSPS) is 14.3. The van der Waals surface area contributed by atoms with E-state index in [1.807, 2.05) is 19.1 Å². The summed E-state index contributed by atoms with van der Waals surface area (Å²) in [6.45, 7) is 11.7. The number of rotatable bonds is 3. The molecule has 1 fully saturated rings. The smallest absolute Gasteiger partial charge is 0.360 e. The van der Waals surface area contributed by atoms with Crippen LogP contribution in [0.15, 0.2) is 30.3 Å². The van der Waals surface area contributed by atoms with Gasteiger partial charge >= 0.3 is 5.97 Å². The molecule has 0 amide bonds. The zero-order chi connectivity index (χ0) is 21.4. The lowest BCUT2D eigenvalue weighted by Gasteiger charge is -2.38. The molecule has 0 unspecified atom stereocenters. The molecule has 1 aliphatic rings. The van der Waals surface area contributed by atoms with Crippen molar-refractivity contribution in [3.63, 3.8) is 0 Å². The van der Waals surface area contributed by atoms with Crippen molar-refractivity contribution >= 4 is 28.5 Å². The van der Waals surface area contributed by atoms with E-state index in [1.165, 1.54) is 23.9 Å². The van der Waals surface area contributed by atoms with Crippen LogP contribution in [0.1, 0.15) is 32.7 Å². The van der Waals surface area contributed by atoms with E-state index in [0.717, 1.165) is 48.3 Å². The first kappa shape index (κ1) is 20.1. The van der Waals surface area contributed by atoms with Crippen LogP contribution in [0.5, 0.6) is 0 Å². The van der Waals surface area contributed by atoms with E-state index in [0.29, 0.717) is 5.82 Å². The van der Waals surface area contributed by atoms with Crippen molar-refractivity contribution in [3.05, 3.63) is 58.3 Å². The number of fused-ring (bicyclic) bond motifs is 1. The zero-order valence-corrected chi connectivity index (χ0v) is 18.3. The molecular formula is C24H28N4O2. The predicted molar refractivity (Wildman–Crippen MR) is 121 cm³/mol. The lowest BCUT2D eigenvalue weighted by atomic mass is 10.1. The summed E-state index contributed by atoms with van der Waals surface area (Å²) in [7, 11) is 1.39. The van der Waals surface area contributed by atoms with E-state index >= 15 is 0 Å². The largest absolute Gasteiger partial charge is 0.464 e. The van der Waals surface area contributed by atoms with E-state index in [9.17, 15) is 4.79 Å². The van der Waals surface area contributed by atoms with E-state index in [1.54, 1.807) is 0 Å². The van der Waals surface area contributed by atoms with Crippen LogP contribution < -0.4 is 9.80 Å². The molecule has 0 bridgehead atoms. The standard InChI is InChI=1S/C24H28N4O2/c1-15-7-6-8-21(18(15)4)27-9-11-28(12-10-27)23-22(24(29)30-5)25-19-13-16(2)17(3)14-20(19)26-23/h6-8,13-14H,9-12H2,1-5H3. The van der Waals surface area contributed by atoms with Gasteiger partial charge in [0.2, 0.25) is 0 Å². The molecular weight excluding hydrogens is 376 g/mol. The predicted octanol–water partition coefficient (Wildman–Crippen LogP) is 3.98. The highest BCUT2D eigenvalue weighted by Crippen LogP contribution is 2.28. The summed E-state index contributed by atoms with van der Waals surface area (Å²) in [5.41, 5.74) is 7.99. The van der Waals surface area contributed by atoms with Gasteiger partial charge in [-0.1, -0.05) is 12.1 Å². The highest BCUT2D eigenvalue weighted by molar-refractivity contribution is 5.95. The Kier molecular flexibility index (Phi) is 5.33. The summed E-state index contributed by atoms with van der Waals surface area (Å²) in [5.74, 6) is 0.160. The molecule has 2 aromatic carbocycles. The average Bonchev–Trinajstić information content (AvgIpc) is 2.75. The van der Waals surface area contributed by atoms with Crippen LogP contribution in [-0.2, 0) is 4.74 Å². The summed E-state index contributed by atoms with van der Waals surface area (Å²) in [6, 6.07) is 10.4. The van der Waals surface area contributed by atoms with Crippen LogP contribution in [-0.4, -0.2) is 49.2 Å². The maximum atomic E-state index is 12.5. The Morgan fingerprint density at radius 3 is 2.10 bits per heavy atom. The Balaban J connectivity index is 1.66. The number of aromatic nitrogens is 2. The van der Waals surface area contributed by atoms with Gasteiger partial charge in [0.25, 0.3) is 0 Å². The van der Waals surface area contributed by atoms with Gasteiger partial charge in [-0.05, 0) is 68.1 Å². The number of ether oxygens (including phenoxy) is 1. The number of benzene rings is 2. The fourth-order valence-corrected chi connectivity index (χ4v) is 3.99. The van der Waals surface area contributed by atoms with Crippen molar-refractivity contribution in [1.82, 2.24) is 9.97 Å². The molecule has 0 saturated carbocycles. The molecule has 0 N–H and O–H groups in total. The minimum absolute atomic E-state index is 0.286. The maximum Gasteiger partial charge on any atom is 0.360 e. The Hall–Kier alpha value is -3.15. The van der Waals surface area contributed by atoms with Crippen molar-refractivity contribution < 1.29 is 9.53 Å². The minimum Gasteiger partial charge on any atom is -0.464 e. The van der Waals surface area contributed by atoms with Gasteiger partial charge in [0.1, 0.15) is 0 Å². The molecule has 2 heterocycles. The van der Waals surface area contributed by atoms with Crippen LogP contribution >= 0.6 is 0 Å². The number of anilines is 2. The summed E-state index contributed by atoms with van der Waals surface area (Å²) in [4.78, 5) is 26.5. The second-order valence-corrected chi connectivity index (χ2v) is 8.01. The van der Waals surface area contributed by atoms with Crippen molar-refractivity contribution in [2.75, 3.05) is 43.1 Å². The SMILES string of the molecule is COC(=O)c1nc2cc(C)c(C)cc2nc1N1CCN(c2cccc(C)c2C)CC1. The topological polar surface area (TPSA) is 58.6 Å². The zero-order valence-electron chi connectivity index (χ0n) is 18.3. The molecule has 0 aliphatic carbocycles. The van der Waals surface area contributed by atoms with Crippen LogP contribution in [0.2, 0.25) is 0 Å². The van der Waals surface area contributed by atoms with Gasteiger partial charge in [0.05, 0.1) is 18.1 Å². The van der Waals surface area contributed by atoms with Crippen LogP contribution in [0.3, 0.4) is 0 Å². The first-order chi connectivity index (χ1) is 14.4. The van der Waals surface area contributed by atoms with Gasteiger partial charge in [0, 0.05) is 31.9 Å². The van der Waals surface area contributed by atoms with E-state index < -0.39 is 5.97 Å². The highest BCUT2D eigenvalue weighted by atomic mass is 16.5. The minimum atomic E-state index is -0.449. The Morgan fingerprint density at radius 2 is 1.47 bits per heavy atom. The number of piperazine rings is 1. The van der Waals surface area contributed by atoms with E-state index in [4.69, 9.17) is 9.72 Å².